The van der Waals surface area contributed by atoms with Crippen molar-refractivity contribution in [3.8, 4) is 17.0 Å². The van der Waals surface area contributed by atoms with Crippen LogP contribution in [0.5, 0.6) is 5.75 Å². The predicted molar refractivity (Wildman–Crippen MR) is 77.8 cm³/mol. The number of aryl methyl sites for hydroxylation is 1. The average Bonchev–Trinajstić information content (AvgIpc) is 2.46. The van der Waals surface area contributed by atoms with Crippen LogP contribution in [0.4, 0.5) is 13.2 Å². The second kappa shape index (κ2) is 7.77. The number of hydrogen-bond donors (Lipinski definition) is 1. The van der Waals surface area contributed by atoms with E-state index in [0.717, 1.165) is 16.4 Å². The molecule has 0 amide bonds. The largest absolute Gasteiger partial charge is 0.741 e. The lowest BCUT2D eigenvalue weighted by molar-refractivity contribution is -0.734. The fraction of sp³-hybridized carbons (Fsp3) is 0.250. The maximum atomic E-state index is 10.7. The zero-order chi connectivity index (χ0) is 18.5. The van der Waals surface area contributed by atoms with E-state index in [2.05, 4.69) is 10.1 Å². The molecule has 7 nitrogen and oxygen atoms in total. The normalized spacial score (nSPS) is 11.6. The number of nitrogens with zero attached hydrogens (tertiary/aromatic N) is 3. The quantitative estimate of drug-likeness (QED) is 0.362. The summed E-state index contributed by atoms with van der Waals surface area (Å²) in [6.07, 6.45) is 3.79. The second-order valence-electron chi connectivity index (χ2n) is 4.23. The van der Waals surface area contributed by atoms with Crippen LogP contribution in [0.3, 0.4) is 0 Å². The van der Waals surface area contributed by atoms with Gasteiger partial charge < -0.3 is 9.66 Å². The highest BCUT2D eigenvalue weighted by Gasteiger charge is 2.36. The van der Waals surface area contributed by atoms with E-state index < -0.39 is 15.6 Å². The molecule has 1 heterocycles. The number of hydrogen-bond acceptors (Lipinski definition) is 7. The van der Waals surface area contributed by atoms with Crippen LogP contribution >= 0.6 is 11.8 Å². The van der Waals surface area contributed by atoms with E-state index in [4.69, 9.17) is 13.0 Å². The van der Waals surface area contributed by atoms with Crippen LogP contribution in [0, 0.1) is 0 Å². The molecule has 0 saturated carbocycles. The molecule has 0 radical (unpaired) electrons. The molecule has 0 bridgehead atoms. The number of benzene rings is 1. The topological polar surface area (TPSA) is 107 Å². The van der Waals surface area contributed by atoms with Gasteiger partial charge in [-0.15, -0.1) is 0 Å². The number of rotatable bonds is 2. The van der Waals surface area contributed by atoms with E-state index in [-0.39, 0.29) is 5.75 Å². The van der Waals surface area contributed by atoms with Gasteiger partial charge in [-0.2, -0.15) is 13.2 Å². The molecule has 0 aliphatic heterocycles. The summed E-state index contributed by atoms with van der Waals surface area (Å²) >= 11 is 1.50. The molecule has 0 unspecified atom stereocenters. The Morgan fingerprint density at radius 3 is 2.17 bits per heavy atom. The molecule has 2 aromatic rings. The van der Waals surface area contributed by atoms with Crippen molar-refractivity contribution in [2.24, 2.45) is 7.05 Å². The van der Waals surface area contributed by atoms with E-state index in [1.165, 1.54) is 11.8 Å². The van der Waals surface area contributed by atoms with Gasteiger partial charge in [-0.25, -0.2) is 13.4 Å². The highest BCUT2D eigenvalue weighted by molar-refractivity contribution is 7.98. The Kier molecular flexibility index (Phi) is 6.51. The lowest BCUT2D eigenvalue weighted by atomic mass is 10.1. The van der Waals surface area contributed by atoms with Gasteiger partial charge in [-0.05, 0) is 30.5 Å². The van der Waals surface area contributed by atoms with Crippen molar-refractivity contribution in [2.45, 2.75) is 10.7 Å². The Morgan fingerprint density at radius 1 is 1.25 bits per heavy atom. The first-order chi connectivity index (χ1) is 10.9. The summed E-state index contributed by atoms with van der Waals surface area (Å²) in [5.74, 6) is 0.257. The maximum absolute atomic E-state index is 10.7. The molecule has 0 fully saturated rings. The molecule has 0 aliphatic rings. The van der Waals surface area contributed by atoms with Crippen molar-refractivity contribution in [3.05, 3.63) is 30.5 Å². The molecule has 132 valence electrons. The van der Waals surface area contributed by atoms with Crippen molar-refractivity contribution >= 4 is 21.9 Å². The molecule has 1 aromatic carbocycles. The number of alkyl halides is 3. The van der Waals surface area contributed by atoms with Crippen molar-refractivity contribution in [3.63, 3.8) is 0 Å². The molecular formula is C12H12F3N3O4S2. The summed E-state index contributed by atoms with van der Waals surface area (Å²) in [7, 11) is -4.22. The molecule has 1 N–H and O–H groups in total. The number of aromatic nitrogens is 3. The number of aromatic hydroxyl groups is 1. The Morgan fingerprint density at radius 2 is 1.75 bits per heavy atom. The van der Waals surface area contributed by atoms with E-state index >= 15 is 0 Å². The fourth-order valence-electron chi connectivity index (χ4n) is 1.35. The van der Waals surface area contributed by atoms with Crippen molar-refractivity contribution in [1.82, 2.24) is 10.1 Å². The van der Waals surface area contributed by atoms with Crippen LogP contribution in [0.2, 0.25) is 0 Å². The van der Waals surface area contributed by atoms with Crippen LogP contribution in [-0.4, -0.2) is 39.9 Å². The van der Waals surface area contributed by atoms with E-state index in [9.17, 15) is 18.3 Å². The van der Waals surface area contributed by atoms with Gasteiger partial charge in [0.2, 0.25) is 6.20 Å². The molecule has 1 aromatic heterocycles. The van der Waals surface area contributed by atoms with Gasteiger partial charge >= 0.3 is 5.51 Å². The van der Waals surface area contributed by atoms with Crippen LogP contribution in [-0.2, 0) is 17.2 Å². The van der Waals surface area contributed by atoms with E-state index in [1.807, 2.05) is 31.6 Å². The molecule has 24 heavy (non-hydrogen) atoms. The van der Waals surface area contributed by atoms with Gasteiger partial charge in [0.1, 0.15) is 11.4 Å². The third-order valence-electron chi connectivity index (χ3n) is 2.40. The summed E-state index contributed by atoms with van der Waals surface area (Å²) in [6.45, 7) is 0. The Hall–Kier alpha value is -1.92. The zero-order valence-corrected chi connectivity index (χ0v) is 14.0. The Bertz CT molecular complexity index is 796. The monoisotopic (exact) mass is 383 g/mol. The highest BCUT2D eigenvalue weighted by atomic mass is 32.2. The van der Waals surface area contributed by atoms with Gasteiger partial charge in [0, 0.05) is 10.7 Å². The first kappa shape index (κ1) is 20.1. The first-order valence-electron chi connectivity index (χ1n) is 6.04. The van der Waals surface area contributed by atoms with Gasteiger partial charge in [0.05, 0.1) is 0 Å². The lowest BCUT2D eigenvalue weighted by Gasteiger charge is -2.08. The average molecular weight is 383 g/mol. The van der Waals surface area contributed by atoms with Gasteiger partial charge in [0.25, 0.3) is 5.16 Å². The number of thioether (sulfide) groups is 1. The van der Waals surface area contributed by atoms with Crippen molar-refractivity contribution in [1.29, 1.82) is 0 Å². The molecule has 0 spiro atoms. The maximum Gasteiger partial charge on any atom is 0.485 e. The lowest BCUT2D eigenvalue weighted by Crippen LogP contribution is -2.33. The summed E-state index contributed by atoms with van der Waals surface area (Å²) in [4.78, 5) is 4.40. The molecule has 2 rings (SSSR count). The number of phenols is 1. The fourth-order valence-corrected chi connectivity index (χ4v) is 1.75. The summed E-state index contributed by atoms with van der Waals surface area (Å²) in [5, 5.41) is 14.2. The van der Waals surface area contributed by atoms with Crippen molar-refractivity contribution < 1.29 is 35.9 Å². The van der Waals surface area contributed by atoms with Gasteiger partial charge in [-0.3, -0.25) is 0 Å². The minimum absolute atomic E-state index is 0.257. The smallest absolute Gasteiger partial charge is 0.485 e. The van der Waals surface area contributed by atoms with Gasteiger partial charge in [-0.1, -0.05) is 16.4 Å². The predicted octanol–water partition coefficient (Wildman–Crippen LogP) is 1.45. The zero-order valence-electron chi connectivity index (χ0n) is 12.4. The van der Waals surface area contributed by atoms with Crippen LogP contribution in [0.25, 0.3) is 11.3 Å². The van der Waals surface area contributed by atoms with Crippen LogP contribution < -0.4 is 4.68 Å². The minimum atomic E-state index is -6.09. The number of halogens is 3. The summed E-state index contributed by atoms with van der Waals surface area (Å²) in [6, 6.07) is 6.97. The van der Waals surface area contributed by atoms with Crippen LogP contribution in [0.1, 0.15) is 0 Å². The highest BCUT2D eigenvalue weighted by Crippen LogP contribution is 2.21. The SMILES string of the molecule is CSc1nc(-c2ccc(O)cc2)c[n+](C)n1.O=S(=O)([O-])C(F)(F)F. The Labute approximate surface area is 139 Å². The van der Waals surface area contributed by atoms with E-state index in [1.54, 1.807) is 16.8 Å². The van der Waals surface area contributed by atoms with Gasteiger partial charge in [0.15, 0.2) is 17.2 Å². The molecule has 12 heteroatoms. The molecule has 0 atom stereocenters. The summed E-state index contributed by atoms with van der Waals surface area (Å²) < 4.78 is 60.6. The first-order valence-corrected chi connectivity index (χ1v) is 8.68. The molecule has 0 saturated heterocycles. The van der Waals surface area contributed by atoms with Crippen molar-refractivity contribution in [2.75, 3.05) is 6.26 Å². The third kappa shape index (κ3) is 5.94. The summed E-state index contributed by atoms with van der Waals surface area (Å²) in [5.41, 5.74) is -3.83. The number of phenolic OH excluding ortho intramolecular Hbond substituents is 1. The van der Waals surface area contributed by atoms with Crippen LogP contribution in [0.15, 0.2) is 35.6 Å². The third-order valence-corrected chi connectivity index (χ3v) is 3.50. The standard InChI is InChI=1S/C11H11N3OS.CHF3O3S/c1-14-7-10(12-11(13-14)16-2)8-3-5-9(15)6-4-8;2-1(3,4)8(5,6)7/h3-7H,1-2H3;(H,5,6,7). The second-order valence-corrected chi connectivity index (χ2v) is 6.38. The molecule has 0 aliphatic carbocycles. The van der Waals surface area contributed by atoms with E-state index in [0.29, 0.717) is 0 Å². The Balaban J connectivity index is 0.000000307. The molecular weight excluding hydrogens is 371 g/mol. The minimum Gasteiger partial charge on any atom is -0.741 e.